The van der Waals surface area contributed by atoms with Crippen molar-refractivity contribution in [2.45, 2.75) is 58.4 Å². The number of rotatable bonds is 6. The van der Waals surface area contributed by atoms with Gasteiger partial charge in [-0.1, -0.05) is 42.6 Å². The van der Waals surface area contributed by atoms with E-state index in [4.69, 9.17) is 0 Å². The molecule has 0 aromatic heterocycles. The lowest BCUT2D eigenvalue weighted by Crippen LogP contribution is -2.39. The minimum absolute atomic E-state index is 0.852. The molecule has 0 N–H and O–H groups in total. The van der Waals surface area contributed by atoms with E-state index < -0.39 is 0 Å². The minimum Gasteiger partial charge on any atom is -0.303 e. The molecule has 16 heavy (non-hydrogen) atoms. The van der Waals surface area contributed by atoms with Crippen LogP contribution in [-0.2, 0) is 0 Å². The Morgan fingerprint density at radius 2 is 1.94 bits per heavy atom. The average molecular weight is 290 g/mol. The Labute approximate surface area is 110 Å². The van der Waals surface area contributed by atoms with Crippen LogP contribution in [0.1, 0.15) is 52.4 Å². The molecule has 0 amide bonds. The average Bonchev–Trinajstić information content (AvgIpc) is 2.27. The second kappa shape index (κ2) is 7.71. The Morgan fingerprint density at radius 3 is 2.56 bits per heavy atom. The van der Waals surface area contributed by atoms with Crippen LogP contribution in [0, 0.1) is 11.8 Å². The van der Waals surface area contributed by atoms with Gasteiger partial charge >= 0.3 is 0 Å². The highest BCUT2D eigenvalue weighted by atomic mass is 79.9. The van der Waals surface area contributed by atoms with Gasteiger partial charge in [-0.15, -0.1) is 0 Å². The van der Waals surface area contributed by atoms with E-state index in [2.05, 4.69) is 41.7 Å². The van der Waals surface area contributed by atoms with Crippen molar-refractivity contribution in [3.63, 3.8) is 0 Å². The molecular formula is C14H28BrN. The van der Waals surface area contributed by atoms with Crippen LogP contribution in [-0.4, -0.2) is 29.9 Å². The van der Waals surface area contributed by atoms with E-state index in [0.29, 0.717) is 0 Å². The zero-order valence-corrected chi connectivity index (χ0v) is 12.8. The number of nitrogens with zero attached hydrogens (tertiary/aromatic N) is 1. The topological polar surface area (TPSA) is 3.24 Å². The third-order valence-electron chi connectivity index (χ3n) is 4.21. The SMILES string of the molecule is CC(CCBr)CCN(C)C1CCCCC1C. The standard InChI is InChI=1S/C14H28BrN/c1-12(8-10-15)9-11-16(3)14-7-5-4-6-13(14)2/h12-14H,4-11H2,1-3H3. The fraction of sp³-hybridized carbons (Fsp3) is 1.00. The van der Waals surface area contributed by atoms with Crippen LogP contribution in [0.15, 0.2) is 0 Å². The van der Waals surface area contributed by atoms with Gasteiger partial charge in [0.2, 0.25) is 0 Å². The van der Waals surface area contributed by atoms with E-state index in [-0.39, 0.29) is 0 Å². The molecule has 2 heteroatoms. The number of halogens is 1. The van der Waals surface area contributed by atoms with Crippen molar-refractivity contribution >= 4 is 15.9 Å². The highest BCUT2D eigenvalue weighted by Gasteiger charge is 2.24. The lowest BCUT2D eigenvalue weighted by Gasteiger charge is -2.36. The lowest BCUT2D eigenvalue weighted by atomic mass is 9.85. The second-order valence-corrected chi connectivity index (χ2v) is 6.47. The van der Waals surface area contributed by atoms with Crippen molar-refractivity contribution in [3.8, 4) is 0 Å². The van der Waals surface area contributed by atoms with Crippen molar-refractivity contribution < 1.29 is 0 Å². The largest absolute Gasteiger partial charge is 0.303 e. The molecule has 1 aliphatic rings. The molecule has 1 saturated carbocycles. The van der Waals surface area contributed by atoms with E-state index in [1.165, 1.54) is 45.1 Å². The maximum absolute atomic E-state index is 3.53. The van der Waals surface area contributed by atoms with Crippen molar-refractivity contribution in [3.05, 3.63) is 0 Å². The lowest BCUT2D eigenvalue weighted by molar-refractivity contribution is 0.133. The molecule has 3 atom stereocenters. The Bertz CT molecular complexity index is 184. The monoisotopic (exact) mass is 289 g/mol. The minimum atomic E-state index is 0.852. The van der Waals surface area contributed by atoms with Crippen molar-refractivity contribution in [2.24, 2.45) is 11.8 Å². The predicted molar refractivity (Wildman–Crippen MR) is 76.2 cm³/mol. The molecule has 1 rings (SSSR count). The van der Waals surface area contributed by atoms with Gasteiger partial charge in [0.15, 0.2) is 0 Å². The highest BCUT2D eigenvalue weighted by Crippen LogP contribution is 2.27. The van der Waals surface area contributed by atoms with Crippen LogP contribution < -0.4 is 0 Å². The van der Waals surface area contributed by atoms with Crippen LogP contribution in [0.5, 0.6) is 0 Å². The van der Waals surface area contributed by atoms with E-state index in [0.717, 1.165) is 23.2 Å². The summed E-state index contributed by atoms with van der Waals surface area (Å²) in [6.45, 7) is 6.09. The van der Waals surface area contributed by atoms with Gasteiger partial charge in [-0.3, -0.25) is 0 Å². The molecule has 3 unspecified atom stereocenters. The number of hydrogen-bond acceptors (Lipinski definition) is 1. The molecular weight excluding hydrogens is 262 g/mol. The van der Waals surface area contributed by atoms with E-state index >= 15 is 0 Å². The molecule has 0 spiro atoms. The van der Waals surface area contributed by atoms with Gasteiger partial charge in [0.25, 0.3) is 0 Å². The maximum Gasteiger partial charge on any atom is 0.0118 e. The summed E-state index contributed by atoms with van der Waals surface area (Å²) in [5.41, 5.74) is 0. The first-order chi connectivity index (χ1) is 7.65. The van der Waals surface area contributed by atoms with Crippen LogP contribution in [0.25, 0.3) is 0 Å². The molecule has 1 nitrogen and oxygen atoms in total. The molecule has 0 aromatic rings. The van der Waals surface area contributed by atoms with E-state index in [9.17, 15) is 0 Å². The van der Waals surface area contributed by atoms with Crippen molar-refractivity contribution in [1.82, 2.24) is 4.90 Å². The van der Waals surface area contributed by atoms with Crippen molar-refractivity contribution in [2.75, 3.05) is 18.9 Å². The molecule has 0 bridgehead atoms. The summed E-state index contributed by atoms with van der Waals surface area (Å²) >= 11 is 3.53. The number of hydrogen-bond donors (Lipinski definition) is 0. The van der Waals surface area contributed by atoms with Gasteiger partial charge in [0.1, 0.15) is 0 Å². The fourth-order valence-corrected chi connectivity index (χ4v) is 3.65. The summed E-state index contributed by atoms with van der Waals surface area (Å²) in [5, 5.41) is 1.15. The molecule has 0 aliphatic heterocycles. The normalized spacial score (nSPS) is 28.3. The Hall–Kier alpha value is 0.440. The highest BCUT2D eigenvalue weighted by molar-refractivity contribution is 9.09. The van der Waals surface area contributed by atoms with Gasteiger partial charge in [0.05, 0.1) is 0 Å². The second-order valence-electron chi connectivity index (χ2n) is 5.68. The Kier molecular flexibility index (Phi) is 6.98. The molecule has 96 valence electrons. The first kappa shape index (κ1) is 14.5. The smallest absolute Gasteiger partial charge is 0.0118 e. The number of alkyl halides is 1. The summed E-state index contributed by atoms with van der Waals surface area (Å²) in [5.74, 6) is 1.77. The van der Waals surface area contributed by atoms with Gasteiger partial charge < -0.3 is 4.90 Å². The van der Waals surface area contributed by atoms with Crippen molar-refractivity contribution in [1.29, 1.82) is 0 Å². The van der Waals surface area contributed by atoms with Crippen LogP contribution in [0.2, 0.25) is 0 Å². The van der Waals surface area contributed by atoms with Gasteiger partial charge in [-0.2, -0.15) is 0 Å². The third-order valence-corrected chi connectivity index (χ3v) is 4.67. The quantitative estimate of drug-likeness (QED) is 0.659. The van der Waals surface area contributed by atoms with Gasteiger partial charge in [-0.05, 0) is 51.1 Å². The predicted octanol–water partition coefficient (Wildman–Crippen LogP) is 4.31. The molecule has 0 saturated heterocycles. The molecule has 0 radical (unpaired) electrons. The van der Waals surface area contributed by atoms with E-state index in [1.807, 2.05) is 0 Å². The maximum atomic E-state index is 3.53. The summed E-state index contributed by atoms with van der Waals surface area (Å²) < 4.78 is 0. The molecule has 1 aliphatic carbocycles. The zero-order valence-electron chi connectivity index (χ0n) is 11.2. The molecule has 0 heterocycles. The Morgan fingerprint density at radius 1 is 1.25 bits per heavy atom. The van der Waals surface area contributed by atoms with Crippen LogP contribution >= 0.6 is 15.9 Å². The van der Waals surface area contributed by atoms with Crippen LogP contribution in [0.4, 0.5) is 0 Å². The Balaban J connectivity index is 2.25. The molecule has 0 aromatic carbocycles. The fourth-order valence-electron chi connectivity index (χ4n) is 2.87. The first-order valence-corrected chi connectivity index (χ1v) is 8.03. The zero-order chi connectivity index (χ0) is 12.0. The van der Waals surface area contributed by atoms with Gasteiger partial charge in [-0.25, -0.2) is 0 Å². The van der Waals surface area contributed by atoms with Crippen LogP contribution in [0.3, 0.4) is 0 Å². The summed E-state index contributed by atoms with van der Waals surface area (Å²) in [6.07, 6.45) is 8.41. The van der Waals surface area contributed by atoms with E-state index in [1.54, 1.807) is 0 Å². The first-order valence-electron chi connectivity index (χ1n) is 6.91. The summed E-state index contributed by atoms with van der Waals surface area (Å²) in [7, 11) is 2.33. The third kappa shape index (κ3) is 4.75. The summed E-state index contributed by atoms with van der Waals surface area (Å²) in [4.78, 5) is 2.62. The summed E-state index contributed by atoms with van der Waals surface area (Å²) in [6, 6.07) is 0.852. The van der Waals surface area contributed by atoms with Gasteiger partial charge in [0, 0.05) is 11.4 Å². The molecule has 1 fully saturated rings.